The van der Waals surface area contributed by atoms with Crippen LogP contribution < -0.4 is 15.4 Å². The molecule has 1 saturated heterocycles. The van der Waals surface area contributed by atoms with Gasteiger partial charge in [0.05, 0.1) is 13.3 Å². The topological polar surface area (TPSA) is 62.8 Å². The molecule has 3 unspecified atom stereocenters. The van der Waals surface area contributed by atoms with Crippen molar-refractivity contribution in [1.82, 2.24) is 15.5 Å². The summed E-state index contributed by atoms with van der Waals surface area (Å²) in [6.45, 7) is 2.47. The maximum atomic E-state index is 12.5. The van der Waals surface area contributed by atoms with E-state index in [0.29, 0.717) is 0 Å². The molecular formula is C19H27N3O3S. The van der Waals surface area contributed by atoms with E-state index in [1.165, 1.54) is 0 Å². The van der Waals surface area contributed by atoms with Crippen molar-refractivity contribution in [3.8, 4) is 5.75 Å². The Morgan fingerprint density at radius 1 is 1.23 bits per heavy atom. The van der Waals surface area contributed by atoms with Crippen LogP contribution in [-0.2, 0) is 9.53 Å². The number of thioether (sulfide) groups is 1. The summed E-state index contributed by atoms with van der Waals surface area (Å²) in [4.78, 5) is 15.9. The van der Waals surface area contributed by atoms with Crippen LogP contribution in [0.5, 0.6) is 5.75 Å². The molecule has 3 rings (SSSR count). The van der Waals surface area contributed by atoms with Crippen molar-refractivity contribution in [3.63, 3.8) is 0 Å². The minimum absolute atomic E-state index is 0.0386. The lowest BCUT2D eigenvalue weighted by Crippen LogP contribution is -2.64. The fourth-order valence-corrected chi connectivity index (χ4v) is 4.53. The van der Waals surface area contributed by atoms with Crippen molar-refractivity contribution in [3.05, 3.63) is 35.9 Å². The lowest BCUT2D eigenvalue weighted by molar-refractivity contribution is -0.123. The van der Waals surface area contributed by atoms with Gasteiger partial charge in [-0.15, -0.1) is 11.8 Å². The van der Waals surface area contributed by atoms with Crippen LogP contribution in [-0.4, -0.2) is 69.2 Å². The summed E-state index contributed by atoms with van der Waals surface area (Å²) in [5.41, 5.74) is 1.12. The first-order valence-corrected chi connectivity index (χ1v) is 9.75. The molecule has 6 nitrogen and oxygen atoms in total. The zero-order valence-corrected chi connectivity index (χ0v) is 16.3. The molecular weight excluding hydrogens is 350 g/mol. The summed E-state index contributed by atoms with van der Waals surface area (Å²) in [7, 11) is 5.44. The summed E-state index contributed by atoms with van der Waals surface area (Å²) in [5, 5.41) is 6.56. The first-order chi connectivity index (χ1) is 12.6. The smallest absolute Gasteiger partial charge is 0.236 e. The van der Waals surface area contributed by atoms with Gasteiger partial charge in [0.1, 0.15) is 11.0 Å². The second-order valence-electron chi connectivity index (χ2n) is 6.66. The van der Waals surface area contributed by atoms with E-state index >= 15 is 0 Å². The number of methoxy groups -OCH3 is 2. The molecule has 0 bridgehead atoms. The van der Waals surface area contributed by atoms with Crippen LogP contribution >= 0.6 is 11.8 Å². The number of amides is 1. The van der Waals surface area contributed by atoms with Crippen LogP contribution in [0.3, 0.4) is 0 Å². The maximum absolute atomic E-state index is 12.5. The van der Waals surface area contributed by atoms with E-state index in [4.69, 9.17) is 9.47 Å². The third kappa shape index (κ3) is 4.59. The number of ether oxygens (including phenoxy) is 2. The van der Waals surface area contributed by atoms with Crippen molar-refractivity contribution in [2.24, 2.45) is 0 Å². The number of fused-ring (bicyclic) bond motifs is 1. The van der Waals surface area contributed by atoms with Gasteiger partial charge in [0, 0.05) is 37.8 Å². The third-order valence-electron chi connectivity index (χ3n) is 4.64. The highest BCUT2D eigenvalue weighted by molar-refractivity contribution is 8.09. The number of hydrogen-bond donors (Lipinski definition) is 2. The second kappa shape index (κ2) is 8.90. The molecule has 1 amide bonds. The van der Waals surface area contributed by atoms with Crippen LogP contribution in [0.25, 0.3) is 4.91 Å². The van der Waals surface area contributed by atoms with Gasteiger partial charge in [-0.05, 0) is 31.2 Å². The van der Waals surface area contributed by atoms with E-state index in [1.807, 2.05) is 24.3 Å². The minimum Gasteiger partial charge on any atom is -0.497 e. The summed E-state index contributed by atoms with van der Waals surface area (Å²) >= 11 is 1.62. The molecule has 2 N–H and O–H groups in total. The Balaban J connectivity index is 1.60. The molecule has 2 heterocycles. The number of likely N-dealkylation sites (N-methyl/N-ethyl adjacent to an activating group) is 1. The largest absolute Gasteiger partial charge is 0.497 e. The highest BCUT2D eigenvalue weighted by atomic mass is 32.2. The fourth-order valence-electron chi connectivity index (χ4n) is 3.28. The Morgan fingerprint density at radius 2 is 2.00 bits per heavy atom. The van der Waals surface area contributed by atoms with Crippen LogP contribution in [0.15, 0.2) is 30.3 Å². The number of carbonyl (C=O) groups excluding carboxylic acids is 1. The van der Waals surface area contributed by atoms with Crippen LogP contribution in [0, 0.1) is 0 Å². The molecule has 2 aliphatic heterocycles. The molecule has 1 aromatic carbocycles. The van der Waals surface area contributed by atoms with Crippen molar-refractivity contribution < 1.29 is 14.3 Å². The van der Waals surface area contributed by atoms with Crippen molar-refractivity contribution in [2.75, 3.05) is 41.0 Å². The van der Waals surface area contributed by atoms with Gasteiger partial charge >= 0.3 is 0 Å². The summed E-state index contributed by atoms with van der Waals surface area (Å²) < 4.78 is 10.3. The summed E-state index contributed by atoms with van der Waals surface area (Å²) in [6.07, 6.45) is 3.12. The average Bonchev–Trinajstić information content (AvgIpc) is 3.07. The van der Waals surface area contributed by atoms with Crippen LogP contribution in [0.2, 0.25) is 0 Å². The monoisotopic (exact) mass is 377 g/mol. The molecule has 3 atom stereocenters. The Labute approximate surface area is 159 Å². The number of rotatable bonds is 8. The Morgan fingerprint density at radius 3 is 2.69 bits per heavy atom. The first-order valence-electron chi connectivity index (χ1n) is 8.87. The number of nitrogens with one attached hydrogen (secondary N) is 2. The van der Waals surface area contributed by atoms with Crippen molar-refractivity contribution in [2.45, 2.75) is 23.9 Å². The molecule has 142 valence electrons. The zero-order valence-electron chi connectivity index (χ0n) is 15.5. The highest BCUT2D eigenvalue weighted by Crippen LogP contribution is 2.41. The van der Waals surface area contributed by atoms with Gasteiger partial charge in [0.25, 0.3) is 0 Å². The molecule has 0 spiro atoms. The van der Waals surface area contributed by atoms with Crippen molar-refractivity contribution in [1.29, 1.82) is 0 Å². The molecule has 1 aromatic rings. The number of hydrogen-bond acceptors (Lipinski definition) is 6. The first kappa shape index (κ1) is 19.2. The third-order valence-corrected chi connectivity index (χ3v) is 6.02. The van der Waals surface area contributed by atoms with Gasteiger partial charge < -0.3 is 19.7 Å². The lowest BCUT2D eigenvalue weighted by Gasteiger charge is -2.35. The minimum atomic E-state index is -0.109. The van der Waals surface area contributed by atoms with Gasteiger partial charge in [-0.25, -0.2) is 0 Å². The van der Waals surface area contributed by atoms with Gasteiger partial charge in [0.2, 0.25) is 5.91 Å². The average molecular weight is 378 g/mol. The zero-order chi connectivity index (χ0) is 18.5. The molecule has 1 fully saturated rings. The van der Waals surface area contributed by atoms with Crippen LogP contribution in [0.4, 0.5) is 0 Å². The Kier molecular flexibility index (Phi) is 6.58. The van der Waals surface area contributed by atoms with Gasteiger partial charge in [-0.3, -0.25) is 10.1 Å². The van der Waals surface area contributed by atoms with Gasteiger partial charge in [-0.2, -0.15) is 0 Å². The fraction of sp³-hybridized carbons (Fsp3) is 0.526. The molecule has 7 heteroatoms. The van der Waals surface area contributed by atoms with E-state index in [0.717, 1.165) is 42.3 Å². The molecule has 0 saturated carbocycles. The lowest BCUT2D eigenvalue weighted by atomic mass is 10.1. The predicted molar refractivity (Wildman–Crippen MR) is 105 cm³/mol. The van der Waals surface area contributed by atoms with E-state index in [2.05, 4.69) is 28.7 Å². The Hall–Kier alpha value is -1.54. The molecule has 2 aliphatic rings. The second-order valence-corrected chi connectivity index (χ2v) is 7.84. The molecule has 0 aromatic heterocycles. The molecule has 0 aliphatic carbocycles. The molecule has 0 radical (unpaired) electrons. The van der Waals surface area contributed by atoms with Gasteiger partial charge in [-0.1, -0.05) is 18.2 Å². The number of carbonyl (C=O) groups is 1. The summed E-state index contributed by atoms with van der Waals surface area (Å²) in [5.74, 6) is 0.941. The quantitative estimate of drug-likeness (QED) is 0.670. The van der Waals surface area contributed by atoms with E-state index in [-0.39, 0.29) is 23.4 Å². The Bertz CT molecular complexity index is 650. The summed E-state index contributed by atoms with van der Waals surface area (Å²) in [6, 6.07) is 8.03. The molecule has 26 heavy (non-hydrogen) atoms. The SMILES string of the molecule is COCCCN(C)CC1NC(=O)C2SC(c3ccc(OC)cc3)=CC2N1. The normalized spacial score (nSPS) is 25.0. The number of benzene rings is 1. The van der Waals surface area contributed by atoms with E-state index in [1.54, 1.807) is 26.0 Å². The van der Waals surface area contributed by atoms with Crippen LogP contribution in [0.1, 0.15) is 12.0 Å². The number of nitrogens with zero attached hydrogens (tertiary/aromatic N) is 1. The van der Waals surface area contributed by atoms with E-state index in [9.17, 15) is 4.79 Å². The van der Waals surface area contributed by atoms with E-state index < -0.39 is 0 Å². The highest BCUT2D eigenvalue weighted by Gasteiger charge is 2.40. The predicted octanol–water partition coefficient (Wildman–Crippen LogP) is 1.53. The maximum Gasteiger partial charge on any atom is 0.236 e. The van der Waals surface area contributed by atoms with Crippen molar-refractivity contribution >= 4 is 22.6 Å². The standard InChI is InChI=1S/C19H27N3O3S/c1-22(9-4-10-24-2)12-17-20-15-11-16(26-18(15)19(23)21-17)13-5-7-14(25-3)8-6-13/h5-8,11,15,17-18,20H,4,9-10,12H2,1-3H3,(H,21,23). The van der Waals surface area contributed by atoms with Gasteiger partial charge in [0.15, 0.2) is 0 Å².